The monoisotopic (exact) mass is 273 g/mol. The Kier molecular flexibility index (Phi) is 3.27. The molecule has 3 rings (SSSR count). The molecule has 98 valence electrons. The summed E-state index contributed by atoms with van der Waals surface area (Å²) < 4.78 is 3.06. The molecule has 0 saturated carbocycles. The van der Waals surface area contributed by atoms with Crippen LogP contribution >= 0.6 is 11.3 Å². The largest absolute Gasteiger partial charge is 0.308 e. The molecule has 5 nitrogen and oxygen atoms in total. The normalized spacial score (nSPS) is 11.5. The average Bonchev–Trinajstić information content (AvgIpc) is 3.04. The Labute approximate surface area is 115 Å². The lowest BCUT2D eigenvalue weighted by Gasteiger charge is -2.08. The van der Waals surface area contributed by atoms with E-state index in [4.69, 9.17) is 0 Å². The highest BCUT2D eigenvalue weighted by Crippen LogP contribution is 2.23. The first-order valence-electron chi connectivity index (χ1n) is 6.22. The van der Waals surface area contributed by atoms with E-state index in [1.165, 1.54) is 10.1 Å². The van der Waals surface area contributed by atoms with Gasteiger partial charge in [-0.1, -0.05) is 13.8 Å². The zero-order chi connectivity index (χ0) is 13.2. The first kappa shape index (κ1) is 12.3. The first-order chi connectivity index (χ1) is 9.24. The molecule has 0 saturated heterocycles. The lowest BCUT2D eigenvalue weighted by Crippen LogP contribution is -2.24. The Morgan fingerprint density at radius 1 is 1.32 bits per heavy atom. The summed E-state index contributed by atoms with van der Waals surface area (Å²) >= 11 is 1.74. The fraction of sp³-hybridized carbons (Fsp3) is 0.308. The van der Waals surface area contributed by atoms with Crippen molar-refractivity contribution in [2.45, 2.75) is 26.4 Å². The van der Waals surface area contributed by atoms with Crippen LogP contribution in [0.4, 0.5) is 0 Å². The summed E-state index contributed by atoms with van der Waals surface area (Å²) in [6.07, 6.45) is 0. The quantitative estimate of drug-likeness (QED) is 0.793. The molecule has 1 aromatic carbocycles. The van der Waals surface area contributed by atoms with Crippen molar-refractivity contribution in [3.8, 4) is 5.69 Å². The molecule has 2 heterocycles. The van der Waals surface area contributed by atoms with Crippen molar-refractivity contribution in [1.82, 2.24) is 25.5 Å². The van der Waals surface area contributed by atoms with E-state index in [9.17, 15) is 0 Å². The molecule has 19 heavy (non-hydrogen) atoms. The molecule has 0 unspecified atom stereocenters. The van der Waals surface area contributed by atoms with Gasteiger partial charge in [0, 0.05) is 10.7 Å². The number of hydrogen-bond acceptors (Lipinski definition) is 5. The molecule has 6 heteroatoms. The van der Waals surface area contributed by atoms with Crippen LogP contribution in [0.1, 0.15) is 19.7 Å². The second-order valence-corrected chi connectivity index (χ2v) is 5.63. The smallest absolute Gasteiger partial charge is 0.170 e. The van der Waals surface area contributed by atoms with Crippen LogP contribution < -0.4 is 5.32 Å². The second kappa shape index (κ2) is 5.07. The van der Waals surface area contributed by atoms with Gasteiger partial charge in [-0.25, -0.2) is 0 Å². The van der Waals surface area contributed by atoms with Crippen molar-refractivity contribution in [1.29, 1.82) is 0 Å². The predicted molar refractivity (Wildman–Crippen MR) is 76.5 cm³/mol. The van der Waals surface area contributed by atoms with E-state index < -0.39 is 0 Å². The Hall–Kier alpha value is -1.79. The van der Waals surface area contributed by atoms with Crippen LogP contribution in [-0.4, -0.2) is 26.2 Å². The van der Waals surface area contributed by atoms with Crippen LogP contribution in [0.15, 0.2) is 29.6 Å². The van der Waals surface area contributed by atoms with Crippen molar-refractivity contribution >= 4 is 21.4 Å². The van der Waals surface area contributed by atoms with Gasteiger partial charge in [-0.2, -0.15) is 4.68 Å². The van der Waals surface area contributed by atoms with Gasteiger partial charge in [-0.15, -0.1) is 16.4 Å². The predicted octanol–water partition coefficient (Wildman–Crippen LogP) is 2.38. The van der Waals surface area contributed by atoms with Crippen LogP contribution in [0, 0.1) is 0 Å². The maximum absolute atomic E-state index is 4.07. The van der Waals surface area contributed by atoms with Gasteiger partial charge < -0.3 is 5.32 Å². The van der Waals surface area contributed by atoms with Gasteiger partial charge in [0.25, 0.3) is 0 Å². The van der Waals surface area contributed by atoms with Gasteiger partial charge in [0.2, 0.25) is 0 Å². The molecule has 0 aliphatic rings. The summed E-state index contributed by atoms with van der Waals surface area (Å²) in [4.78, 5) is 0. The van der Waals surface area contributed by atoms with Gasteiger partial charge in [0.15, 0.2) is 5.82 Å². The molecule has 0 aliphatic carbocycles. The van der Waals surface area contributed by atoms with Crippen LogP contribution in [0.5, 0.6) is 0 Å². The van der Waals surface area contributed by atoms with Gasteiger partial charge >= 0.3 is 0 Å². The minimum atomic E-state index is 0.407. The number of nitrogens with zero attached hydrogens (tertiary/aromatic N) is 4. The van der Waals surface area contributed by atoms with E-state index in [1.54, 1.807) is 16.0 Å². The second-order valence-electron chi connectivity index (χ2n) is 4.69. The molecule has 0 radical (unpaired) electrons. The van der Waals surface area contributed by atoms with Gasteiger partial charge in [0.05, 0.1) is 12.2 Å². The maximum atomic E-state index is 4.07. The van der Waals surface area contributed by atoms with Crippen molar-refractivity contribution in [2.24, 2.45) is 0 Å². The standard InChI is InChI=1S/C13H15N5S/c1-9(2)14-8-13-15-16-17-18(13)11-3-4-12-10(7-11)5-6-19-12/h3-7,9,14H,8H2,1-2H3. The molecule has 0 aliphatic heterocycles. The highest BCUT2D eigenvalue weighted by Gasteiger charge is 2.09. The van der Waals surface area contributed by atoms with Gasteiger partial charge in [0.1, 0.15) is 0 Å². The third-order valence-electron chi connectivity index (χ3n) is 2.88. The molecule has 2 aromatic heterocycles. The molecule has 3 aromatic rings. The zero-order valence-electron chi connectivity index (χ0n) is 10.9. The van der Waals surface area contributed by atoms with Crippen molar-refractivity contribution in [3.05, 3.63) is 35.5 Å². The number of fused-ring (bicyclic) bond motifs is 1. The maximum Gasteiger partial charge on any atom is 0.170 e. The number of nitrogens with one attached hydrogen (secondary N) is 1. The van der Waals surface area contributed by atoms with E-state index >= 15 is 0 Å². The lowest BCUT2D eigenvalue weighted by molar-refractivity contribution is 0.563. The van der Waals surface area contributed by atoms with E-state index in [0.717, 1.165) is 11.5 Å². The molecule has 0 amide bonds. The third-order valence-corrected chi connectivity index (χ3v) is 3.78. The number of rotatable bonds is 4. The fourth-order valence-corrected chi connectivity index (χ4v) is 2.67. The zero-order valence-corrected chi connectivity index (χ0v) is 11.7. The minimum absolute atomic E-state index is 0.407. The minimum Gasteiger partial charge on any atom is -0.308 e. The molecule has 0 bridgehead atoms. The Bertz CT molecular complexity index is 685. The van der Waals surface area contributed by atoms with Crippen molar-refractivity contribution in [3.63, 3.8) is 0 Å². The van der Waals surface area contributed by atoms with Crippen molar-refractivity contribution in [2.75, 3.05) is 0 Å². The summed E-state index contributed by atoms with van der Waals surface area (Å²) in [5.41, 5.74) is 0.997. The molecule has 1 N–H and O–H groups in total. The van der Waals surface area contributed by atoms with Crippen molar-refractivity contribution < 1.29 is 0 Å². The molecule has 0 atom stereocenters. The number of benzene rings is 1. The van der Waals surface area contributed by atoms with Gasteiger partial charge in [-0.3, -0.25) is 0 Å². The Balaban J connectivity index is 1.94. The van der Waals surface area contributed by atoms with Crippen LogP contribution in [0.25, 0.3) is 15.8 Å². The summed E-state index contributed by atoms with van der Waals surface area (Å²) in [6.45, 7) is 4.86. The summed E-state index contributed by atoms with van der Waals surface area (Å²) in [6, 6.07) is 8.79. The molecular weight excluding hydrogens is 258 g/mol. The third kappa shape index (κ3) is 2.50. The van der Waals surface area contributed by atoms with Crippen LogP contribution in [0.3, 0.4) is 0 Å². The summed E-state index contributed by atoms with van der Waals surface area (Å²) in [7, 11) is 0. The number of tetrazole rings is 1. The number of hydrogen-bond donors (Lipinski definition) is 1. The van der Waals surface area contributed by atoms with Crippen LogP contribution in [-0.2, 0) is 6.54 Å². The van der Waals surface area contributed by atoms with E-state index in [0.29, 0.717) is 12.6 Å². The van der Waals surface area contributed by atoms with E-state index in [1.807, 2.05) is 6.07 Å². The molecule has 0 fully saturated rings. The first-order valence-corrected chi connectivity index (χ1v) is 7.10. The fourth-order valence-electron chi connectivity index (χ4n) is 1.90. The summed E-state index contributed by atoms with van der Waals surface area (Å²) in [5.74, 6) is 0.822. The Morgan fingerprint density at radius 3 is 3.05 bits per heavy atom. The summed E-state index contributed by atoms with van der Waals surface area (Å²) in [5, 5.41) is 18.6. The average molecular weight is 273 g/mol. The topological polar surface area (TPSA) is 55.6 Å². The Morgan fingerprint density at radius 2 is 2.21 bits per heavy atom. The number of thiophene rings is 1. The van der Waals surface area contributed by atoms with Crippen LogP contribution in [0.2, 0.25) is 0 Å². The number of aromatic nitrogens is 4. The highest BCUT2D eigenvalue weighted by molar-refractivity contribution is 7.17. The SMILES string of the molecule is CC(C)NCc1nnnn1-c1ccc2sccc2c1. The highest BCUT2D eigenvalue weighted by atomic mass is 32.1. The van der Waals surface area contributed by atoms with E-state index in [-0.39, 0.29) is 0 Å². The van der Waals surface area contributed by atoms with E-state index in [2.05, 4.69) is 58.3 Å². The van der Waals surface area contributed by atoms with Gasteiger partial charge in [-0.05, 0) is 45.5 Å². The lowest BCUT2D eigenvalue weighted by atomic mass is 10.2. The molecule has 0 spiro atoms. The molecular formula is C13H15N5S.